The zero-order chi connectivity index (χ0) is 15.3. The van der Waals surface area contributed by atoms with Crippen LogP contribution < -0.4 is 5.32 Å². The molecule has 1 amide bonds. The Morgan fingerprint density at radius 3 is 2.52 bits per heavy atom. The quantitative estimate of drug-likeness (QED) is 0.885. The van der Waals surface area contributed by atoms with Crippen molar-refractivity contribution in [2.75, 3.05) is 13.7 Å². The lowest BCUT2D eigenvalue weighted by Gasteiger charge is -2.37. The van der Waals surface area contributed by atoms with Gasteiger partial charge < -0.3 is 15.2 Å². The van der Waals surface area contributed by atoms with Crippen LogP contribution in [0, 0.1) is 5.92 Å². The Kier molecular flexibility index (Phi) is 4.77. The molecule has 2 rings (SSSR count). The van der Waals surface area contributed by atoms with E-state index in [1.807, 2.05) is 0 Å². The van der Waals surface area contributed by atoms with E-state index in [4.69, 9.17) is 0 Å². The van der Waals surface area contributed by atoms with Crippen LogP contribution >= 0.6 is 0 Å². The number of hydrogen-bond donors (Lipinski definition) is 2. The van der Waals surface area contributed by atoms with E-state index in [2.05, 4.69) is 15.0 Å². The number of aliphatic carboxylic acids is 1. The molecule has 6 nitrogen and oxygen atoms in total. The van der Waals surface area contributed by atoms with Crippen LogP contribution in [-0.2, 0) is 14.9 Å². The highest BCUT2D eigenvalue weighted by Gasteiger charge is 2.43. The van der Waals surface area contributed by atoms with Gasteiger partial charge in [0.2, 0.25) is 0 Å². The van der Waals surface area contributed by atoms with E-state index >= 15 is 0 Å². The number of aromatic nitrogens is 1. The zero-order valence-electron chi connectivity index (χ0n) is 12.0. The van der Waals surface area contributed by atoms with Crippen molar-refractivity contribution in [2.24, 2.45) is 5.92 Å². The predicted molar refractivity (Wildman–Crippen MR) is 75.9 cm³/mol. The molecule has 1 aromatic heterocycles. The Balaban J connectivity index is 2.02. The number of nitrogens with zero attached hydrogens (tertiary/aromatic N) is 1. The van der Waals surface area contributed by atoms with Gasteiger partial charge in [0.1, 0.15) is 0 Å². The van der Waals surface area contributed by atoms with Crippen LogP contribution in [0.15, 0.2) is 24.5 Å². The lowest BCUT2D eigenvalue weighted by Crippen LogP contribution is -2.41. The standard InChI is InChI=1S/C15H20N2O4/c1-21-14(20)17-10-11-2-6-15(7-3-11,13(18)19)12-4-8-16-9-5-12/h4-5,8-9,11H,2-3,6-7,10H2,1H3,(H,17,20)(H,18,19). The third kappa shape index (κ3) is 3.32. The molecule has 0 bridgehead atoms. The molecule has 6 heteroatoms. The molecule has 0 aromatic carbocycles. The summed E-state index contributed by atoms with van der Waals surface area (Å²) < 4.78 is 4.54. The minimum Gasteiger partial charge on any atom is -0.481 e. The number of carboxylic acids is 1. The number of nitrogens with one attached hydrogen (secondary N) is 1. The molecule has 1 heterocycles. The molecule has 21 heavy (non-hydrogen) atoms. The smallest absolute Gasteiger partial charge is 0.406 e. The van der Waals surface area contributed by atoms with E-state index in [-0.39, 0.29) is 0 Å². The van der Waals surface area contributed by atoms with Gasteiger partial charge in [0, 0.05) is 18.9 Å². The molecule has 0 unspecified atom stereocenters. The fraction of sp³-hybridized carbons (Fsp3) is 0.533. The molecule has 1 aliphatic rings. The van der Waals surface area contributed by atoms with Crippen molar-refractivity contribution in [1.29, 1.82) is 0 Å². The Hall–Kier alpha value is -2.11. The number of alkyl carbamates (subject to hydrolysis) is 1. The summed E-state index contributed by atoms with van der Waals surface area (Å²) in [5.74, 6) is -0.494. The van der Waals surface area contributed by atoms with Gasteiger partial charge in [0.25, 0.3) is 0 Å². The maximum Gasteiger partial charge on any atom is 0.406 e. The van der Waals surface area contributed by atoms with Crippen molar-refractivity contribution in [1.82, 2.24) is 10.3 Å². The van der Waals surface area contributed by atoms with Gasteiger partial charge in [-0.05, 0) is 49.3 Å². The van der Waals surface area contributed by atoms with Crippen molar-refractivity contribution in [3.8, 4) is 0 Å². The Bertz CT molecular complexity index is 496. The average molecular weight is 292 g/mol. The topological polar surface area (TPSA) is 88.5 Å². The highest BCUT2D eigenvalue weighted by atomic mass is 16.5. The van der Waals surface area contributed by atoms with E-state index in [1.54, 1.807) is 24.5 Å². The first-order valence-electron chi connectivity index (χ1n) is 7.04. The first kappa shape index (κ1) is 15.3. The minimum absolute atomic E-state index is 0.290. The number of carbonyl (C=O) groups is 2. The van der Waals surface area contributed by atoms with E-state index in [1.165, 1.54) is 7.11 Å². The highest BCUT2D eigenvalue weighted by molar-refractivity contribution is 5.81. The number of carboxylic acid groups (broad SMARTS) is 1. The molecular weight excluding hydrogens is 272 g/mol. The molecular formula is C15H20N2O4. The SMILES string of the molecule is COC(=O)NCC1CCC(C(=O)O)(c2ccncc2)CC1. The summed E-state index contributed by atoms with van der Waals surface area (Å²) in [6.45, 7) is 0.527. The zero-order valence-corrected chi connectivity index (χ0v) is 12.0. The Morgan fingerprint density at radius 1 is 1.38 bits per heavy atom. The Morgan fingerprint density at radius 2 is 2.00 bits per heavy atom. The van der Waals surface area contributed by atoms with E-state index < -0.39 is 17.5 Å². The van der Waals surface area contributed by atoms with Gasteiger partial charge in [-0.2, -0.15) is 0 Å². The van der Waals surface area contributed by atoms with Crippen LogP contribution in [0.4, 0.5) is 4.79 Å². The molecule has 0 aliphatic heterocycles. The highest BCUT2D eigenvalue weighted by Crippen LogP contribution is 2.41. The summed E-state index contributed by atoms with van der Waals surface area (Å²) in [5.41, 5.74) is -0.0191. The van der Waals surface area contributed by atoms with E-state index in [0.717, 1.165) is 18.4 Å². The van der Waals surface area contributed by atoms with Crippen LogP contribution in [-0.4, -0.2) is 35.8 Å². The van der Waals surface area contributed by atoms with Crippen molar-refractivity contribution >= 4 is 12.1 Å². The maximum absolute atomic E-state index is 11.8. The predicted octanol–water partition coefficient (Wildman–Crippen LogP) is 1.95. The lowest BCUT2D eigenvalue weighted by atomic mass is 9.67. The molecule has 1 aliphatic carbocycles. The van der Waals surface area contributed by atoms with Gasteiger partial charge in [-0.25, -0.2) is 4.79 Å². The molecule has 1 fully saturated rings. The van der Waals surface area contributed by atoms with Crippen LogP contribution in [0.2, 0.25) is 0 Å². The Labute approximate surface area is 123 Å². The second-order valence-electron chi connectivity index (χ2n) is 5.44. The lowest BCUT2D eigenvalue weighted by molar-refractivity contribution is -0.145. The summed E-state index contributed by atoms with van der Waals surface area (Å²) in [5, 5.41) is 12.4. The van der Waals surface area contributed by atoms with Crippen LogP contribution in [0.5, 0.6) is 0 Å². The fourth-order valence-corrected chi connectivity index (χ4v) is 2.97. The summed E-state index contributed by atoms with van der Waals surface area (Å²) >= 11 is 0. The van der Waals surface area contributed by atoms with Crippen LogP contribution in [0.1, 0.15) is 31.2 Å². The van der Waals surface area contributed by atoms with E-state index in [0.29, 0.717) is 25.3 Å². The van der Waals surface area contributed by atoms with E-state index in [9.17, 15) is 14.7 Å². The molecule has 1 aromatic rings. The summed E-state index contributed by atoms with van der Waals surface area (Å²) in [6.07, 6.45) is 5.48. The van der Waals surface area contributed by atoms with Gasteiger partial charge in [-0.15, -0.1) is 0 Å². The molecule has 1 saturated carbocycles. The number of pyridine rings is 1. The van der Waals surface area contributed by atoms with Crippen molar-refractivity contribution in [3.63, 3.8) is 0 Å². The first-order valence-corrected chi connectivity index (χ1v) is 7.04. The number of ether oxygens (including phenoxy) is 1. The normalized spacial score (nSPS) is 25.1. The second-order valence-corrected chi connectivity index (χ2v) is 5.44. The van der Waals surface area contributed by atoms with Gasteiger partial charge in [-0.1, -0.05) is 0 Å². The van der Waals surface area contributed by atoms with Crippen molar-refractivity contribution in [2.45, 2.75) is 31.1 Å². The number of rotatable bonds is 4. The maximum atomic E-state index is 11.8. The first-order chi connectivity index (χ1) is 10.1. The number of amides is 1. The van der Waals surface area contributed by atoms with Crippen molar-refractivity contribution < 1.29 is 19.4 Å². The number of hydrogen-bond acceptors (Lipinski definition) is 4. The van der Waals surface area contributed by atoms with Crippen LogP contribution in [0.25, 0.3) is 0 Å². The number of methoxy groups -OCH3 is 1. The molecule has 0 spiro atoms. The third-order valence-electron chi connectivity index (χ3n) is 4.32. The molecule has 2 N–H and O–H groups in total. The van der Waals surface area contributed by atoms with Crippen LogP contribution in [0.3, 0.4) is 0 Å². The van der Waals surface area contributed by atoms with Gasteiger partial charge in [0.05, 0.1) is 12.5 Å². The fourth-order valence-electron chi connectivity index (χ4n) is 2.97. The monoisotopic (exact) mass is 292 g/mol. The molecule has 0 atom stereocenters. The average Bonchev–Trinajstić information content (AvgIpc) is 2.53. The minimum atomic E-state index is -0.829. The molecule has 0 saturated heterocycles. The number of carbonyl (C=O) groups excluding carboxylic acids is 1. The second kappa shape index (κ2) is 6.56. The molecule has 0 radical (unpaired) electrons. The molecule has 114 valence electrons. The van der Waals surface area contributed by atoms with Gasteiger partial charge in [0.15, 0.2) is 0 Å². The third-order valence-corrected chi connectivity index (χ3v) is 4.32. The van der Waals surface area contributed by atoms with Gasteiger partial charge in [-0.3, -0.25) is 9.78 Å². The van der Waals surface area contributed by atoms with Crippen molar-refractivity contribution in [3.05, 3.63) is 30.1 Å². The summed E-state index contributed by atoms with van der Waals surface area (Å²) in [4.78, 5) is 26.8. The largest absolute Gasteiger partial charge is 0.481 e. The summed E-state index contributed by atoms with van der Waals surface area (Å²) in [7, 11) is 1.33. The van der Waals surface area contributed by atoms with Gasteiger partial charge >= 0.3 is 12.1 Å². The summed E-state index contributed by atoms with van der Waals surface area (Å²) in [6, 6.07) is 3.56.